The highest BCUT2D eigenvalue weighted by Crippen LogP contribution is 2.16. The molecule has 2 fully saturated rings. The number of methoxy groups -OCH3 is 2. The van der Waals surface area contributed by atoms with Crippen LogP contribution in [0.1, 0.15) is 18.2 Å². The molecule has 0 aliphatic carbocycles. The lowest BCUT2D eigenvalue weighted by molar-refractivity contribution is -0.00461. The van der Waals surface area contributed by atoms with E-state index in [4.69, 9.17) is 9.47 Å². The number of hydrogen-bond donors (Lipinski definition) is 2. The number of nitrogens with one attached hydrogen (secondary N) is 2. The third-order valence-corrected chi connectivity index (χ3v) is 4.49. The Bertz CT molecular complexity index is 518. The Morgan fingerprint density at radius 1 is 1.39 bits per heavy atom. The van der Waals surface area contributed by atoms with Gasteiger partial charge in [0.15, 0.2) is 0 Å². The lowest BCUT2D eigenvalue weighted by Gasteiger charge is -2.16. The minimum absolute atomic E-state index is 0.0820. The normalized spacial score (nSPS) is 27.6. The number of likely N-dealkylation sites (tertiary alicyclic amines) is 1. The van der Waals surface area contributed by atoms with Gasteiger partial charge < -0.3 is 25.0 Å². The van der Waals surface area contributed by atoms with Gasteiger partial charge in [-0.3, -0.25) is 0 Å². The SMILES string of the molecule is CO[C@H]1CN(C(=O)NCc2cn(C3CCNC3)nn2)C[C@H]1OC. The molecule has 1 aromatic rings. The molecule has 0 bridgehead atoms. The molecule has 2 amide bonds. The second-order valence-corrected chi connectivity index (χ2v) is 5.95. The Hall–Kier alpha value is -1.71. The third kappa shape index (κ3) is 3.62. The summed E-state index contributed by atoms with van der Waals surface area (Å²) in [7, 11) is 3.27. The zero-order chi connectivity index (χ0) is 16.2. The van der Waals surface area contributed by atoms with Crippen LogP contribution in [0, 0.1) is 0 Å². The van der Waals surface area contributed by atoms with E-state index >= 15 is 0 Å². The maximum Gasteiger partial charge on any atom is 0.317 e. The number of aromatic nitrogens is 3. The largest absolute Gasteiger partial charge is 0.377 e. The first kappa shape index (κ1) is 16.2. The van der Waals surface area contributed by atoms with Gasteiger partial charge in [-0.1, -0.05) is 5.21 Å². The Kier molecular flexibility index (Phi) is 5.09. The van der Waals surface area contributed by atoms with Crippen LogP contribution in [0.15, 0.2) is 6.20 Å². The summed E-state index contributed by atoms with van der Waals surface area (Å²) in [6.07, 6.45) is 2.79. The summed E-state index contributed by atoms with van der Waals surface area (Å²) in [4.78, 5) is 13.9. The number of nitrogens with zero attached hydrogens (tertiary/aromatic N) is 4. The lowest BCUT2D eigenvalue weighted by atomic mass is 10.3. The molecule has 2 aliphatic rings. The standard InChI is InChI=1S/C14H24N6O3/c1-22-12-8-19(9-13(12)23-2)14(21)16-5-10-7-20(18-17-10)11-3-4-15-6-11/h7,11-13,15H,3-6,8-9H2,1-2H3,(H,16,21)/t11?,12-,13+. The summed E-state index contributed by atoms with van der Waals surface area (Å²) in [5, 5.41) is 14.4. The van der Waals surface area contributed by atoms with Crippen LogP contribution >= 0.6 is 0 Å². The van der Waals surface area contributed by atoms with Crippen molar-refractivity contribution in [3.8, 4) is 0 Å². The van der Waals surface area contributed by atoms with Crippen LogP contribution < -0.4 is 10.6 Å². The molecule has 2 aliphatic heterocycles. The lowest BCUT2D eigenvalue weighted by Crippen LogP contribution is -2.39. The van der Waals surface area contributed by atoms with E-state index in [0.29, 0.717) is 25.7 Å². The van der Waals surface area contributed by atoms with Crippen LogP contribution in [-0.4, -0.2) is 78.5 Å². The molecule has 3 rings (SSSR count). The molecule has 3 atom stereocenters. The van der Waals surface area contributed by atoms with Gasteiger partial charge >= 0.3 is 6.03 Å². The van der Waals surface area contributed by atoms with Crippen molar-refractivity contribution < 1.29 is 14.3 Å². The van der Waals surface area contributed by atoms with Crippen molar-refractivity contribution in [3.05, 3.63) is 11.9 Å². The first-order chi connectivity index (χ1) is 11.2. The summed E-state index contributed by atoms with van der Waals surface area (Å²) in [5.74, 6) is 0. The zero-order valence-electron chi connectivity index (χ0n) is 13.6. The van der Waals surface area contributed by atoms with Gasteiger partial charge in [-0.25, -0.2) is 9.48 Å². The first-order valence-electron chi connectivity index (χ1n) is 7.91. The van der Waals surface area contributed by atoms with Gasteiger partial charge in [0.1, 0.15) is 17.9 Å². The Labute approximate surface area is 135 Å². The number of urea groups is 1. The summed E-state index contributed by atoms with van der Waals surface area (Å²) in [6.45, 7) is 3.35. The van der Waals surface area contributed by atoms with Gasteiger partial charge in [0.25, 0.3) is 0 Å². The fourth-order valence-corrected chi connectivity index (χ4v) is 3.08. The maximum atomic E-state index is 12.2. The van der Waals surface area contributed by atoms with Gasteiger partial charge in [-0.15, -0.1) is 5.10 Å². The summed E-state index contributed by atoms with van der Waals surface area (Å²) in [5.41, 5.74) is 0.760. The Morgan fingerprint density at radius 2 is 2.13 bits per heavy atom. The molecule has 1 unspecified atom stereocenters. The number of amides is 2. The van der Waals surface area contributed by atoms with Gasteiger partial charge in [0, 0.05) is 20.8 Å². The predicted molar refractivity (Wildman–Crippen MR) is 81.9 cm³/mol. The van der Waals surface area contributed by atoms with E-state index in [1.807, 2.05) is 10.9 Å². The summed E-state index contributed by atoms with van der Waals surface area (Å²) >= 11 is 0. The van der Waals surface area contributed by atoms with E-state index in [1.165, 1.54) is 0 Å². The molecular formula is C14H24N6O3. The Balaban J connectivity index is 1.49. The average molecular weight is 324 g/mol. The van der Waals surface area contributed by atoms with Crippen LogP contribution in [0.3, 0.4) is 0 Å². The van der Waals surface area contributed by atoms with Crippen molar-refractivity contribution >= 4 is 6.03 Å². The molecule has 9 nitrogen and oxygen atoms in total. The average Bonchev–Trinajstić information content (AvgIpc) is 3.31. The summed E-state index contributed by atoms with van der Waals surface area (Å²) in [6, 6.07) is 0.221. The van der Waals surface area contributed by atoms with Crippen LogP contribution in [0.25, 0.3) is 0 Å². The molecule has 0 aromatic carbocycles. The van der Waals surface area contributed by atoms with E-state index in [-0.39, 0.29) is 18.2 Å². The highest BCUT2D eigenvalue weighted by molar-refractivity contribution is 5.74. The third-order valence-electron chi connectivity index (χ3n) is 4.49. The van der Waals surface area contributed by atoms with Crippen LogP contribution in [-0.2, 0) is 16.0 Å². The fourth-order valence-electron chi connectivity index (χ4n) is 3.08. The van der Waals surface area contributed by atoms with Crippen molar-refractivity contribution in [3.63, 3.8) is 0 Å². The number of rotatable bonds is 5. The summed E-state index contributed by atoms with van der Waals surface area (Å²) < 4.78 is 12.6. The number of carbonyl (C=O) groups excluding carboxylic acids is 1. The molecule has 0 radical (unpaired) electrons. The fraction of sp³-hybridized carbons (Fsp3) is 0.786. The molecule has 3 heterocycles. The quantitative estimate of drug-likeness (QED) is 0.749. The van der Waals surface area contributed by atoms with E-state index in [1.54, 1.807) is 19.1 Å². The van der Waals surface area contributed by atoms with Gasteiger partial charge in [-0.2, -0.15) is 0 Å². The predicted octanol–water partition coefficient (Wildman–Crippen LogP) is -0.632. The maximum absolute atomic E-state index is 12.2. The number of ether oxygens (including phenoxy) is 2. The van der Waals surface area contributed by atoms with Crippen molar-refractivity contribution in [1.82, 2.24) is 30.5 Å². The second-order valence-electron chi connectivity index (χ2n) is 5.95. The molecule has 1 aromatic heterocycles. The molecule has 2 N–H and O–H groups in total. The molecule has 9 heteroatoms. The van der Waals surface area contributed by atoms with Crippen molar-refractivity contribution in [1.29, 1.82) is 0 Å². The van der Waals surface area contributed by atoms with E-state index in [2.05, 4.69) is 20.9 Å². The van der Waals surface area contributed by atoms with Gasteiger partial charge in [0.2, 0.25) is 0 Å². The highest BCUT2D eigenvalue weighted by Gasteiger charge is 2.35. The Morgan fingerprint density at radius 3 is 2.74 bits per heavy atom. The van der Waals surface area contributed by atoms with E-state index in [9.17, 15) is 4.79 Å². The van der Waals surface area contributed by atoms with Crippen molar-refractivity contribution in [2.45, 2.75) is 31.2 Å². The molecule has 128 valence electrons. The second kappa shape index (κ2) is 7.24. The van der Waals surface area contributed by atoms with Crippen LogP contribution in [0.5, 0.6) is 0 Å². The molecule has 0 saturated carbocycles. The minimum atomic E-state index is -0.135. The molecule has 23 heavy (non-hydrogen) atoms. The molecule has 2 saturated heterocycles. The smallest absolute Gasteiger partial charge is 0.317 e. The van der Waals surface area contributed by atoms with E-state index in [0.717, 1.165) is 25.2 Å². The highest BCUT2D eigenvalue weighted by atomic mass is 16.5. The molecule has 0 spiro atoms. The molecular weight excluding hydrogens is 300 g/mol. The minimum Gasteiger partial charge on any atom is -0.377 e. The first-order valence-corrected chi connectivity index (χ1v) is 7.91. The number of carbonyl (C=O) groups is 1. The van der Waals surface area contributed by atoms with Crippen molar-refractivity contribution in [2.75, 3.05) is 40.4 Å². The van der Waals surface area contributed by atoms with Crippen LogP contribution in [0.2, 0.25) is 0 Å². The van der Waals surface area contributed by atoms with Gasteiger partial charge in [-0.05, 0) is 13.0 Å². The van der Waals surface area contributed by atoms with Gasteiger partial charge in [0.05, 0.1) is 31.9 Å². The zero-order valence-corrected chi connectivity index (χ0v) is 13.6. The van der Waals surface area contributed by atoms with Crippen LogP contribution in [0.4, 0.5) is 4.79 Å². The van der Waals surface area contributed by atoms with Crippen molar-refractivity contribution in [2.24, 2.45) is 0 Å². The monoisotopic (exact) mass is 324 g/mol. The van der Waals surface area contributed by atoms with E-state index < -0.39 is 0 Å². The topological polar surface area (TPSA) is 93.5 Å². The number of hydrogen-bond acceptors (Lipinski definition) is 6.